The Kier molecular flexibility index (Phi) is 25.7. The molecule has 19 rings (SSSR count). The van der Waals surface area contributed by atoms with Gasteiger partial charge in [0.2, 0.25) is 0 Å². The lowest BCUT2D eigenvalue weighted by Crippen LogP contribution is -2.63. The van der Waals surface area contributed by atoms with Gasteiger partial charge in [0, 0.05) is 40.2 Å². The number of ether oxygens (including phenoxy) is 1. The number of aliphatic hydroxyl groups is 1. The second-order valence-electron chi connectivity index (χ2n) is 53.6. The van der Waals surface area contributed by atoms with E-state index in [4.69, 9.17) is 4.74 Å². The number of fused-ring (bicyclic) bond motifs is 8. The number of anilines is 6. The summed E-state index contributed by atoms with van der Waals surface area (Å²) >= 11 is 0. The average molecular weight is 1930 g/mol. The molecular formula is C138H180N2O4-2. The van der Waals surface area contributed by atoms with Crippen molar-refractivity contribution >= 4 is 34.1 Å². The fourth-order valence-electron chi connectivity index (χ4n) is 35.8. The standard InChI is InChI=1S/C138H180N2O4/c1-34-131(35-2)77-123(17,18)113-98(131)72-99-114(124(19,20)78-132(99,36-3)37-4)107(113)85-50-58-90(59-51-85)139(91-60-52-86(53-61-91)108-115-100(133(38-5,39-6)79-125(115,21)22)73-101-116(108)126(23,24)80-134(101,40-7)41-8)94-66-68-96(89(70-94)76-141)111-121(142)112(122(111)143)97-69-67-95(71-106(97)144-33)140(92-62-54-87(55-63-92)109-117-102(135(42-9,43-10)81-127(117,25)26)74-103-118(109)128(27,28)82-136(103,44-11)45-12)93-64-56-88(57-65-93)110-119-104(137(46-13,47-14)83-129(119,29)30)75-105-120(110)130(31,32)84-138(105,48-15)49-16/h50-75,111-112,121-122,141H,34-49,76-84H2,1-33H3/q-2. The lowest BCUT2D eigenvalue weighted by atomic mass is 9.62. The largest absolute Gasteiger partial charge is 0.851 e. The predicted molar refractivity (Wildman–Crippen MR) is 609 cm³/mol. The smallest absolute Gasteiger partial charge is 0.124 e. The molecule has 0 heterocycles. The van der Waals surface area contributed by atoms with Crippen LogP contribution in [0.4, 0.5) is 34.1 Å². The molecule has 0 amide bonds. The van der Waals surface area contributed by atoms with E-state index in [0.29, 0.717) is 22.4 Å². The van der Waals surface area contributed by atoms with Gasteiger partial charge in [0.25, 0.3) is 0 Å². The van der Waals surface area contributed by atoms with Gasteiger partial charge in [-0.05, 0) is 470 Å². The maximum atomic E-state index is 16.0. The number of rotatable bonds is 30. The summed E-state index contributed by atoms with van der Waals surface area (Å²) in [4.78, 5) is 4.77. The number of hydrogen-bond donors (Lipinski definition) is 1. The molecule has 6 nitrogen and oxygen atoms in total. The van der Waals surface area contributed by atoms with E-state index in [0.717, 1.165) is 188 Å². The Morgan fingerprint density at radius 3 is 0.597 bits per heavy atom. The molecule has 2 atom stereocenters. The van der Waals surface area contributed by atoms with Crippen LogP contribution in [0.5, 0.6) is 5.75 Å². The minimum Gasteiger partial charge on any atom is -0.851 e. The molecule has 1 N–H and O–H groups in total. The summed E-state index contributed by atoms with van der Waals surface area (Å²) in [6.07, 6.45) is 24.2. The van der Waals surface area contributed by atoms with E-state index in [1.54, 1.807) is 96.1 Å². The summed E-state index contributed by atoms with van der Waals surface area (Å²) in [7, 11) is 1.70. The molecule has 768 valence electrons. The molecule has 2 unspecified atom stereocenters. The van der Waals surface area contributed by atoms with Gasteiger partial charge in [-0.25, -0.2) is 0 Å². The molecule has 10 aromatic carbocycles. The van der Waals surface area contributed by atoms with E-state index < -0.39 is 24.0 Å². The van der Waals surface area contributed by atoms with Crippen molar-refractivity contribution < 1.29 is 20.1 Å². The Hall–Kier alpha value is -8.52. The molecule has 0 saturated heterocycles. The summed E-state index contributed by atoms with van der Waals surface area (Å²) in [5.41, 5.74) is 43.9. The second-order valence-corrected chi connectivity index (χ2v) is 53.6. The SMILES string of the molecule is CCC1(CC)CC(C)(C)c2c1cc1c(c2-c2ccc(N(c3ccc(-c4c5c(cc6c4C(C)(C)CC6(CC)CC)C(CC)(CC)CC5(C)C)cc3)c3ccc(C4C([O-])C(c5ccc(N(c6ccc(-c7c8c(cc9c7C(C)(C)CC9(CC)CC)C(CC)(CC)CC8(C)C)cc6)c6ccc(-c7c8c(cc9c7C(C)(C)CC9(CC)CC)C(CC)(CC)CC8(C)C)cc6)cc5OC)C4[O-])c(CO)c3)cc2)C(C)(C)CC1(CC)CC. The summed E-state index contributed by atoms with van der Waals surface area (Å²) in [6, 6.07) is 61.9. The zero-order chi connectivity index (χ0) is 104. The highest BCUT2D eigenvalue weighted by Crippen LogP contribution is 2.71. The van der Waals surface area contributed by atoms with Gasteiger partial charge in [-0.2, -0.15) is 0 Å². The third kappa shape index (κ3) is 14.8. The van der Waals surface area contributed by atoms with Crippen LogP contribution in [0.15, 0.2) is 158 Å². The molecule has 1 saturated carbocycles. The quantitative estimate of drug-likeness (QED) is 0.0483. The molecule has 9 aliphatic rings. The Balaban J connectivity index is 0.732. The van der Waals surface area contributed by atoms with E-state index in [1.165, 1.54) is 44.5 Å². The van der Waals surface area contributed by atoms with Crippen molar-refractivity contribution in [3.8, 4) is 50.3 Å². The molecule has 0 radical (unpaired) electrons. The van der Waals surface area contributed by atoms with Crippen molar-refractivity contribution in [2.24, 2.45) is 0 Å². The van der Waals surface area contributed by atoms with Crippen LogP contribution in [0.3, 0.4) is 0 Å². The predicted octanol–water partition coefficient (Wildman–Crippen LogP) is 36.0. The fraction of sp³-hybridized carbons (Fsp3) is 0.565. The van der Waals surface area contributed by atoms with E-state index in [2.05, 4.69) is 377 Å². The van der Waals surface area contributed by atoms with Crippen LogP contribution in [0.1, 0.15) is 493 Å². The first kappa shape index (κ1) is 104. The van der Waals surface area contributed by atoms with E-state index in [1.807, 2.05) is 12.1 Å². The normalized spacial score (nSPS) is 23.2. The van der Waals surface area contributed by atoms with E-state index in [9.17, 15) is 5.11 Å². The minimum atomic E-state index is -1.33. The summed E-state index contributed by atoms with van der Waals surface area (Å²) in [5.74, 6) is -1.32. The Morgan fingerprint density at radius 1 is 0.243 bits per heavy atom. The lowest BCUT2D eigenvalue weighted by Gasteiger charge is -2.62. The monoisotopic (exact) mass is 1930 g/mol. The van der Waals surface area contributed by atoms with Gasteiger partial charge in [0.15, 0.2) is 0 Å². The molecule has 144 heavy (non-hydrogen) atoms. The zero-order valence-corrected chi connectivity index (χ0v) is 95.6. The molecular weight excluding hydrogens is 1750 g/mol. The van der Waals surface area contributed by atoms with Gasteiger partial charge in [0.05, 0.1) is 13.7 Å². The van der Waals surface area contributed by atoms with E-state index in [-0.39, 0.29) is 93.2 Å². The topological polar surface area (TPSA) is 82.1 Å². The lowest BCUT2D eigenvalue weighted by molar-refractivity contribution is -0.536. The average Bonchev–Trinajstić information content (AvgIpc) is 1.53. The summed E-state index contributed by atoms with van der Waals surface area (Å²) in [6.45, 7) is 79.1. The number of hydrogen-bond acceptors (Lipinski definition) is 6. The molecule has 0 bridgehead atoms. The van der Waals surface area contributed by atoms with E-state index >= 15 is 10.2 Å². The van der Waals surface area contributed by atoms with Crippen LogP contribution in [0.2, 0.25) is 0 Å². The molecule has 1 fully saturated rings. The molecule has 10 aromatic rings. The van der Waals surface area contributed by atoms with Crippen molar-refractivity contribution in [1.82, 2.24) is 0 Å². The first-order chi connectivity index (χ1) is 68.0. The fourth-order valence-corrected chi connectivity index (χ4v) is 35.8. The van der Waals surface area contributed by atoms with Gasteiger partial charge < -0.3 is 29.9 Å². The third-order valence-electron chi connectivity index (χ3n) is 43.2. The zero-order valence-electron chi connectivity index (χ0n) is 95.6. The van der Waals surface area contributed by atoms with Crippen LogP contribution in [-0.4, -0.2) is 24.4 Å². The first-order valence-corrected chi connectivity index (χ1v) is 57.7. The Bertz CT molecular complexity index is 5650. The second kappa shape index (κ2) is 35.6. The Labute approximate surface area is 871 Å². The van der Waals surface area contributed by atoms with Crippen molar-refractivity contribution in [2.45, 2.75) is 493 Å². The molecule has 0 spiro atoms. The van der Waals surface area contributed by atoms with Crippen LogP contribution in [0, 0.1) is 0 Å². The van der Waals surface area contributed by atoms with Gasteiger partial charge >= 0.3 is 0 Å². The van der Waals surface area contributed by atoms with Crippen LogP contribution in [0.25, 0.3) is 44.5 Å². The Morgan fingerprint density at radius 2 is 0.417 bits per heavy atom. The van der Waals surface area contributed by atoms with Crippen molar-refractivity contribution in [3.63, 3.8) is 0 Å². The molecule has 6 heteroatoms. The van der Waals surface area contributed by atoms with Crippen LogP contribution >= 0.6 is 0 Å². The van der Waals surface area contributed by atoms with Gasteiger partial charge in [-0.1, -0.05) is 306 Å². The highest BCUT2D eigenvalue weighted by molar-refractivity contribution is 5.90. The molecule has 9 aliphatic carbocycles. The number of aliphatic hydroxyl groups excluding tert-OH is 1. The van der Waals surface area contributed by atoms with Crippen molar-refractivity contribution in [1.29, 1.82) is 0 Å². The van der Waals surface area contributed by atoms with Crippen LogP contribution < -0.4 is 24.7 Å². The maximum absolute atomic E-state index is 16.0. The van der Waals surface area contributed by atoms with Crippen molar-refractivity contribution in [2.75, 3.05) is 16.9 Å². The summed E-state index contributed by atoms with van der Waals surface area (Å²) < 4.78 is 6.62. The maximum Gasteiger partial charge on any atom is 0.124 e. The van der Waals surface area contributed by atoms with Crippen LogP contribution in [-0.2, 0) is 93.2 Å². The number of methoxy groups -OCH3 is 1. The number of benzene rings is 10. The highest BCUT2D eigenvalue weighted by Gasteiger charge is 2.61. The molecule has 0 aromatic heterocycles. The number of nitrogens with zero attached hydrogens (tertiary/aromatic N) is 2. The molecule has 0 aliphatic heterocycles. The summed E-state index contributed by atoms with van der Waals surface area (Å²) in [5, 5.41) is 44.1. The van der Waals surface area contributed by atoms with Gasteiger partial charge in [0.1, 0.15) is 5.75 Å². The van der Waals surface area contributed by atoms with Gasteiger partial charge in [-0.3, -0.25) is 0 Å². The third-order valence-corrected chi connectivity index (χ3v) is 43.2. The first-order valence-electron chi connectivity index (χ1n) is 57.7. The minimum absolute atomic E-state index is 0.0444. The highest BCUT2D eigenvalue weighted by atomic mass is 16.5. The van der Waals surface area contributed by atoms with Gasteiger partial charge in [-0.15, -0.1) is 12.2 Å². The van der Waals surface area contributed by atoms with Crippen molar-refractivity contribution in [3.05, 3.63) is 263 Å².